The van der Waals surface area contributed by atoms with E-state index in [1.54, 1.807) is 6.20 Å². The zero-order valence-electron chi connectivity index (χ0n) is 14.6. The number of rotatable bonds is 6. The van der Waals surface area contributed by atoms with Gasteiger partial charge in [-0.15, -0.1) is 0 Å². The molecule has 1 saturated heterocycles. The maximum absolute atomic E-state index is 12.0. The maximum Gasteiger partial charge on any atom is 0.225 e. The van der Waals surface area contributed by atoms with Crippen molar-refractivity contribution in [2.75, 3.05) is 25.0 Å². The molecular weight excluding hydrogens is 316 g/mol. The topological polar surface area (TPSA) is 70.4 Å². The van der Waals surface area contributed by atoms with Crippen LogP contribution >= 0.6 is 0 Å². The van der Waals surface area contributed by atoms with Gasteiger partial charge < -0.3 is 19.9 Å². The molecule has 1 atom stereocenters. The van der Waals surface area contributed by atoms with Gasteiger partial charge in [0.15, 0.2) is 0 Å². The molecule has 1 aliphatic heterocycles. The van der Waals surface area contributed by atoms with Gasteiger partial charge in [-0.2, -0.15) is 0 Å². The van der Waals surface area contributed by atoms with Crippen LogP contribution in [-0.4, -0.2) is 45.1 Å². The van der Waals surface area contributed by atoms with Crippen LogP contribution < -0.4 is 5.32 Å². The lowest BCUT2D eigenvalue weighted by molar-refractivity contribution is -0.116. The molecule has 1 fully saturated rings. The highest BCUT2D eigenvalue weighted by Gasteiger charge is 2.28. The first-order chi connectivity index (χ1) is 12.1. The predicted molar refractivity (Wildman–Crippen MR) is 97.0 cm³/mol. The number of hydrogen-bond donors (Lipinski definition) is 2. The third kappa shape index (κ3) is 4.67. The van der Waals surface area contributed by atoms with E-state index >= 15 is 0 Å². The molecule has 1 aromatic heterocycles. The molecule has 0 radical (unpaired) electrons. The molecule has 25 heavy (non-hydrogen) atoms. The number of aromatic nitrogens is 2. The molecule has 6 heteroatoms. The second-order valence-corrected chi connectivity index (χ2v) is 6.68. The van der Waals surface area contributed by atoms with Crippen LogP contribution in [0.15, 0.2) is 42.7 Å². The first-order valence-corrected chi connectivity index (χ1v) is 8.86. The molecule has 1 unspecified atom stereocenters. The summed E-state index contributed by atoms with van der Waals surface area (Å²) in [4.78, 5) is 18.6. The van der Waals surface area contributed by atoms with Crippen LogP contribution in [0.4, 0.5) is 5.69 Å². The van der Waals surface area contributed by atoms with Gasteiger partial charge in [-0.05, 0) is 44.0 Å². The quantitative estimate of drug-likeness (QED) is 0.844. The average molecular weight is 342 g/mol. The second-order valence-electron chi connectivity index (χ2n) is 6.68. The molecule has 3 rings (SSSR count). The summed E-state index contributed by atoms with van der Waals surface area (Å²) in [5.74, 6) is 1.01. The van der Waals surface area contributed by atoms with Crippen molar-refractivity contribution in [2.24, 2.45) is 13.0 Å². The number of carbonyl (C=O) groups excluding carboxylic acids is 1. The third-order valence-corrected chi connectivity index (χ3v) is 4.91. The van der Waals surface area contributed by atoms with Crippen LogP contribution in [-0.2, 0) is 11.8 Å². The number of anilines is 1. The highest BCUT2D eigenvalue weighted by atomic mass is 16.3. The number of nitrogens with one attached hydrogen (secondary N) is 1. The minimum absolute atomic E-state index is 0.0429. The minimum Gasteiger partial charge on any atom is -0.385 e. The summed E-state index contributed by atoms with van der Waals surface area (Å²) in [5.41, 5.74) is 0.837. The normalized spacial score (nSPS) is 17.4. The van der Waals surface area contributed by atoms with Crippen LogP contribution in [0.5, 0.6) is 0 Å². The molecule has 2 aromatic rings. The van der Waals surface area contributed by atoms with Crippen molar-refractivity contribution in [1.29, 1.82) is 0 Å². The number of nitrogens with zero attached hydrogens (tertiary/aromatic N) is 3. The fraction of sp³-hybridized carbons (Fsp3) is 0.474. The number of imidazole rings is 1. The van der Waals surface area contributed by atoms with Crippen molar-refractivity contribution in [3.63, 3.8) is 0 Å². The smallest absolute Gasteiger partial charge is 0.225 e. The number of aliphatic hydroxyl groups is 1. The van der Waals surface area contributed by atoms with E-state index in [0.29, 0.717) is 6.42 Å². The summed E-state index contributed by atoms with van der Waals surface area (Å²) >= 11 is 0. The van der Waals surface area contributed by atoms with Gasteiger partial charge in [-0.1, -0.05) is 18.2 Å². The standard InChI is InChI=1S/C19H26N4O2/c1-22-14-10-20-19(22)18(25)15-7-11-23(12-8-15)13-9-17(24)21-16-5-3-2-4-6-16/h2-6,10,14-15,18,25H,7-9,11-13H2,1H3,(H,21,24). The number of benzene rings is 1. The van der Waals surface area contributed by atoms with Gasteiger partial charge in [-0.25, -0.2) is 4.98 Å². The van der Waals surface area contributed by atoms with Crippen LogP contribution in [0.1, 0.15) is 31.2 Å². The number of piperidine rings is 1. The summed E-state index contributed by atoms with van der Waals surface area (Å²) in [7, 11) is 1.91. The second kappa shape index (κ2) is 8.27. The van der Waals surface area contributed by atoms with Gasteiger partial charge in [0.05, 0.1) is 0 Å². The van der Waals surface area contributed by atoms with Crippen molar-refractivity contribution in [3.05, 3.63) is 48.5 Å². The van der Waals surface area contributed by atoms with E-state index in [2.05, 4.69) is 15.2 Å². The Hall–Kier alpha value is -2.18. The summed E-state index contributed by atoms with van der Waals surface area (Å²) in [6.07, 6.45) is 5.41. The van der Waals surface area contributed by atoms with Crippen molar-refractivity contribution in [3.8, 4) is 0 Å². The number of hydrogen-bond acceptors (Lipinski definition) is 4. The molecule has 2 N–H and O–H groups in total. The van der Waals surface area contributed by atoms with Gasteiger partial charge in [0, 0.05) is 38.1 Å². The molecule has 0 saturated carbocycles. The zero-order valence-corrected chi connectivity index (χ0v) is 14.6. The summed E-state index contributed by atoms with van der Waals surface area (Å²) in [5, 5.41) is 13.4. The molecule has 134 valence electrons. The van der Waals surface area contributed by atoms with Crippen LogP contribution in [0.3, 0.4) is 0 Å². The SMILES string of the molecule is Cn1ccnc1C(O)C1CCN(CCC(=O)Nc2ccccc2)CC1. The molecule has 0 bridgehead atoms. The highest BCUT2D eigenvalue weighted by molar-refractivity contribution is 5.90. The molecule has 1 aliphatic rings. The Morgan fingerprint density at radius 2 is 2.04 bits per heavy atom. The molecule has 1 amide bonds. The van der Waals surface area contributed by atoms with E-state index in [1.807, 2.05) is 48.1 Å². The number of amides is 1. The van der Waals surface area contributed by atoms with Crippen molar-refractivity contribution in [2.45, 2.75) is 25.4 Å². The van der Waals surface area contributed by atoms with E-state index < -0.39 is 6.10 Å². The molecule has 1 aromatic carbocycles. The number of carbonyl (C=O) groups is 1. The lowest BCUT2D eigenvalue weighted by atomic mass is 9.90. The number of aliphatic hydroxyl groups excluding tert-OH is 1. The minimum atomic E-state index is -0.511. The van der Waals surface area contributed by atoms with Crippen LogP contribution in [0.2, 0.25) is 0 Å². The fourth-order valence-electron chi connectivity index (χ4n) is 3.37. The number of para-hydroxylation sites is 1. The monoisotopic (exact) mass is 342 g/mol. The lowest BCUT2D eigenvalue weighted by Gasteiger charge is -2.33. The summed E-state index contributed by atoms with van der Waals surface area (Å²) in [6, 6.07) is 9.53. The highest BCUT2D eigenvalue weighted by Crippen LogP contribution is 2.29. The number of aryl methyl sites for hydroxylation is 1. The lowest BCUT2D eigenvalue weighted by Crippen LogP contribution is -2.37. The first kappa shape index (κ1) is 17.6. The number of likely N-dealkylation sites (tertiary alicyclic amines) is 1. The Morgan fingerprint density at radius 3 is 2.68 bits per heavy atom. The molecule has 2 heterocycles. The Kier molecular flexibility index (Phi) is 5.83. The molecule has 0 aliphatic carbocycles. The molecular formula is C19H26N4O2. The fourth-order valence-corrected chi connectivity index (χ4v) is 3.37. The van der Waals surface area contributed by atoms with Crippen LogP contribution in [0, 0.1) is 5.92 Å². The first-order valence-electron chi connectivity index (χ1n) is 8.86. The van der Waals surface area contributed by atoms with Gasteiger partial charge in [0.25, 0.3) is 0 Å². The summed E-state index contributed by atoms with van der Waals surface area (Å²) < 4.78 is 1.88. The van der Waals surface area contributed by atoms with E-state index in [4.69, 9.17) is 0 Å². The van der Waals surface area contributed by atoms with Gasteiger partial charge in [-0.3, -0.25) is 4.79 Å². The largest absolute Gasteiger partial charge is 0.385 e. The predicted octanol–water partition coefficient (Wildman–Crippen LogP) is 2.19. The summed E-state index contributed by atoms with van der Waals surface area (Å²) in [6.45, 7) is 2.57. The third-order valence-electron chi connectivity index (χ3n) is 4.91. The molecule has 6 nitrogen and oxygen atoms in total. The Labute approximate surface area is 148 Å². The molecule has 0 spiro atoms. The van der Waals surface area contributed by atoms with E-state index in [0.717, 1.165) is 44.0 Å². The van der Waals surface area contributed by atoms with E-state index in [1.165, 1.54) is 0 Å². The Morgan fingerprint density at radius 1 is 1.32 bits per heavy atom. The van der Waals surface area contributed by atoms with Gasteiger partial charge in [0.1, 0.15) is 11.9 Å². The Balaban J connectivity index is 1.40. The van der Waals surface area contributed by atoms with Crippen LogP contribution in [0.25, 0.3) is 0 Å². The van der Waals surface area contributed by atoms with E-state index in [-0.39, 0.29) is 11.8 Å². The maximum atomic E-state index is 12.0. The zero-order chi connectivity index (χ0) is 17.6. The van der Waals surface area contributed by atoms with Gasteiger partial charge >= 0.3 is 0 Å². The van der Waals surface area contributed by atoms with Crippen molar-refractivity contribution < 1.29 is 9.90 Å². The Bertz CT molecular complexity index is 678. The van der Waals surface area contributed by atoms with Gasteiger partial charge in [0.2, 0.25) is 5.91 Å². The average Bonchev–Trinajstić information content (AvgIpc) is 3.07. The van der Waals surface area contributed by atoms with E-state index in [9.17, 15) is 9.90 Å². The van der Waals surface area contributed by atoms with Crippen molar-refractivity contribution in [1.82, 2.24) is 14.5 Å². The van der Waals surface area contributed by atoms with Crippen molar-refractivity contribution >= 4 is 11.6 Å².